The summed E-state index contributed by atoms with van der Waals surface area (Å²) < 4.78 is 38.4. The van der Waals surface area contributed by atoms with Crippen molar-refractivity contribution in [3.05, 3.63) is 0 Å². The van der Waals surface area contributed by atoms with Gasteiger partial charge in [-0.05, 0) is 25.7 Å². The average molecular weight is 1390 g/mol. The van der Waals surface area contributed by atoms with Crippen molar-refractivity contribution in [1.29, 1.82) is 0 Å². The summed E-state index contributed by atoms with van der Waals surface area (Å²) in [4.78, 5) is 99.6. The number of unbranched alkanes of at least 4 members (excludes halogenated alkanes) is 56. The molecule has 574 valence electrons. The van der Waals surface area contributed by atoms with Crippen molar-refractivity contribution >= 4 is 41.8 Å². The zero-order chi connectivity index (χ0) is 71.7. The topological polar surface area (TPSA) is 245 Å². The van der Waals surface area contributed by atoms with Gasteiger partial charge in [-0.1, -0.05) is 387 Å². The molecule has 1 rings (SSSR count). The Morgan fingerprint density at radius 2 is 0.459 bits per heavy atom. The van der Waals surface area contributed by atoms with Crippen molar-refractivity contribution in [2.24, 2.45) is 0 Å². The van der Waals surface area contributed by atoms with Gasteiger partial charge in [0.05, 0.1) is 0 Å². The zero-order valence-electron chi connectivity index (χ0n) is 63.3. The highest BCUT2D eigenvalue weighted by atomic mass is 16.9. The van der Waals surface area contributed by atoms with Gasteiger partial charge in [-0.3, -0.25) is 19.2 Å². The summed E-state index contributed by atoms with van der Waals surface area (Å²) in [5.41, 5.74) is 0. The Balaban J connectivity index is 3.39. The van der Waals surface area contributed by atoms with Gasteiger partial charge in [-0.2, -0.15) is 0 Å². The van der Waals surface area contributed by atoms with Gasteiger partial charge < -0.3 is 48.5 Å². The van der Waals surface area contributed by atoms with Crippen LogP contribution in [-0.4, -0.2) is 94.0 Å². The van der Waals surface area contributed by atoms with Gasteiger partial charge in [0.1, 0.15) is 13.2 Å². The summed E-state index contributed by atoms with van der Waals surface area (Å²) in [6.07, 6.45) is 59.5. The largest absolute Gasteiger partial charge is 0.426 e. The molecule has 0 radical (unpaired) electrons. The molecule has 17 nitrogen and oxygen atoms in total. The average Bonchev–Trinajstić information content (AvgIpc) is 1.51. The molecule has 1 fully saturated rings. The molecule has 0 aromatic heterocycles. The summed E-state index contributed by atoms with van der Waals surface area (Å²) in [6.45, 7) is 5.51. The van der Waals surface area contributed by atoms with Crippen LogP contribution in [0.5, 0.6) is 0 Å². The lowest BCUT2D eigenvalue weighted by molar-refractivity contribution is -0.318. The lowest BCUT2D eigenvalue weighted by atomic mass is 10.0. The zero-order valence-corrected chi connectivity index (χ0v) is 63.3. The lowest BCUT2D eigenvalue weighted by Gasteiger charge is -2.35. The molecule has 0 bridgehead atoms. The van der Waals surface area contributed by atoms with E-state index in [1.54, 1.807) is 0 Å². The molecule has 17 heteroatoms. The number of carbonyl (C=O) groups excluding carboxylic acids is 7. The fourth-order valence-corrected chi connectivity index (χ4v) is 12.9. The molecule has 3 N–H and O–H groups in total. The first-order chi connectivity index (χ1) is 47.7. The van der Waals surface area contributed by atoms with Crippen LogP contribution in [0.4, 0.5) is 0 Å². The molecule has 1 heterocycles. The minimum absolute atomic E-state index is 0.210. The number of hydrogen-bond donors (Lipinski definition) is 3. The van der Waals surface area contributed by atoms with Crippen molar-refractivity contribution in [2.45, 2.75) is 462 Å². The number of carbonyl (C=O) groups is 7. The van der Waals surface area contributed by atoms with E-state index in [1.165, 1.54) is 212 Å². The second-order valence-electron chi connectivity index (χ2n) is 28.7. The first-order valence-corrected chi connectivity index (χ1v) is 41.2. The third-order valence-electron chi connectivity index (χ3n) is 19.4. The maximum Gasteiger partial charge on any atom is 0.420 e. The molecule has 0 saturated carbocycles. The molecule has 98 heavy (non-hydrogen) atoms. The highest BCUT2D eigenvalue weighted by Crippen LogP contribution is 2.35. The van der Waals surface area contributed by atoms with Crippen LogP contribution in [0.15, 0.2) is 0 Å². The first kappa shape index (κ1) is 92.2. The monoisotopic (exact) mass is 1390 g/mol. The normalized spacial score (nSPS) is 17.5. The third kappa shape index (κ3) is 46.6. The van der Waals surface area contributed by atoms with Crippen molar-refractivity contribution in [3.63, 3.8) is 0 Å². The summed E-state index contributed by atoms with van der Waals surface area (Å²) in [5.74, 6) is -21.9. The molecule has 4 atom stereocenters. The number of aliphatic hydroxyl groups is 3. The van der Waals surface area contributed by atoms with Crippen molar-refractivity contribution in [3.8, 4) is 0 Å². The van der Waals surface area contributed by atoms with Crippen LogP contribution in [0.2, 0.25) is 0 Å². The van der Waals surface area contributed by atoms with E-state index in [0.29, 0.717) is 32.1 Å². The number of rotatable bonds is 71. The maximum absolute atomic E-state index is 15.0. The van der Waals surface area contributed by atoms with E-state index in [2.05, 4.69) is 27.7 Å². The molecule has 0 aliphatic carbocycles. The quantitative estimate of drug-likeness (QED) is 0.0222. The van der Waals surface area contributed by atoms with E-state index >= 15 is 0 Å². The predicted octanol–water partition coefficient (Wildman–Crippen LogP) is 21.2. The molecule has 0 amide bonds. The van der Waals surface area contributed by atoms with Gasteiger partial charge in [0.15, 0.2) is 0 Å². The minimum atomic E-state index is -3.88. The van der Waals surface area contributed by atoms with Crippen LogP contribution in [0, 0.1) is 0 Å². The number of hydrogen-bond acceptors (Lipinski definition) is 17. The Morgan fingerprint density at radius 3 is 0.684 bits per heavy atom. The van der Waals surface area contributed by atoms with E-state index in [9.17, 15) is 48.9 Å². The third-order valence-corrected chi connectivity index (χ3v) is 19.4. The SMILES string of the molecule is CCCCCCCCCCCCCCCCCC(=O)OC(O)C1(OC(=O)CCCCCCCCCCCCCCCCC)OC(=O)C(CO)(OC(=O)CCCCCCCCCCCCCCCCC)OC(=O)C(CO)(OC(=O)CCCCCCCCCCCCCCCCC)OC1=O. The van der Waals surface area contributed by atoms with Crippen molar-refractivity contribution in [1.82, 2.24) is 0 Å². The Morgan fingerprint density at radius 1 is 0.276 bits per heavy atom. The molecule has 0 spiro atoms. The highest BCUT2D eigenvalue weighted by molar-refractivity contribution is 5.95. The van der Waals surface area contributed by atoms with Crippen LogP contribution in [0.25, 0.3) is 0 Å². The molecular formula is C81H148O17. The van der Waals surface area contributed by atoms with Crippen LogP contribution >= 0.6 is 0 Å². The number of esters is 7. The second kappa shape index (κ2) is 64.0. The van der Waals surface area contributed by atoms with Gasteiger partial charge in [0.2, 0.25) is 0 Å². The molecule has 1 saturated heterocycles. The van der Waals surface area contributed by atoms with Crippen LogP contribution < -0.4 is 0 Å². The maximum atomic E-state index is 15.0. The molecule has 1 aliphatic heterocycles. The minimum Gasteiger partial charge on any atom is -0.426 e. The summed E-state index contributed by atoms with van der Waals surface area (Å²) in [5, 5.41) is 34.2. The molecular weight excluding hydrogens is 1240 g/mol. The fourth-order valence-electron chi connectivity index (χ4n) is 12.9. The standard InChI is InChI=1S/C81H148O17/c1-5-9-13-17-21-25-29-33-37-41-45-49-53-57-61-65-71(84)92-77(90)81(95-74(87)68-64-60-56-52-48-44-40-36-32-28-24-20-16-12-8-4)78(91)97-79(69-82,93-72(85)66-62-58-54-50-46-42-38-34-30-26-22-18-14-10-6-2)75(88)96-80(70-83,76(89)98-81)94-73(86)67-63-59-55-51-47-43-39-35-31-27-23-19-15-11-7-3/h77,82-83,90H,5-70H2,1-4H3. The molecule has 1 aliphatic rings. The van der Waals surface area contributed by atoms with Gasteiger partial charge >= 0.3 is 59.1 Å². The van der Waals surface area contributed by atoms with Crippen LogP contribution in [-0.2, 0) is 66.7 Å². The summed E-state index contributed by atoms with van der Waals surface area (Å²) >= 11 is 0. The second-order valence-corrected chi connectivity index (χ2v) is 28.7. The molecule has 0 aromatic rings. The van der Waals surface area contributed by atoms with E-state index in [1.807, 2.05) is 0 Å². The predicted molar refractivity (Wildman–Crippen MR) is 389 cm³/mol. The molecule has 0 aromatic carbocycles. The van der Waals surface area contributed by atoms with E-state index in [4.69, 9.17) is 33.2 Å². The van der Waals surface area contributed by atoms with Gasteiger partial charge in [0.25, 0.3) is 6.29 Å². The van der Waals surface area contributed by atoms with E-state index in [-0.39, 0.29) is 38.5 Å². The first-order valence-electron chi connectivity index (χ1n) is 41.2. The van der Waals surface area contributed by atoms with Crippen molar-refractivity contribution in [2.75, 3.05) is 13.2 Å². The lowest BCUT2D eigenvalue weighted by Crippen LogP contribution is -2.62. The highest BCUT2D eigenvalue weighted by Gasteiger charge is 2.67. The number of aliphatic hydroxyl groups excluding tert-OH is 3. The van der Waals surface area contributed by atoms with E-state index < -0.39 is 85.1 Å². The van der Waals surface area contributed by atoms with Crippen molar-refractivity contribution < 1.29 is 82.0 Å². The van der Waals surface area contributed by atoms with Gasteiger partial charge in [-0.15, -0.1) is 0 Å². The van der Waals surface area contributed by atoms with Gasteiger partial charge in [0, 0.05) is 25.7 Å². The van der Waals surface area contributed by atoms with Crippen LogP contribution in [0.3, 0.4) is 0 Å². The van der Waals surface area contributed by atoms with Crippen LogP contribution in [0.1, 0.15) is 439 Å². The summed E-state index contributed by atoms with van der Waals surface area (Å²) in [7, 11) is 0. The fraction of sp³-hybridized carbons (Fsp3) is 0.914. The Labute approximate surface area is 596 Å². The van der Waals surface area contributed by atoms with E-state index in [0.717, 1.165) is 122 Å². The Hall–Kier alpha value is -3.83. The Bertz CT molecular complexity index is 1920. The smallest absolute Gasteiger partial charge is 0.420 e. The molecule has 4 unspecified atom stereocenters. The number of cyclic esters (lactones) is 3. The summed E-state index contributed by atoms with van der Waals surface area (Å²) in [6, 6.07) is 0. The number of ether oxygens (including phenoxy) is 7. The van der Waals surface area contributed by atoms with Gasteiger partial charge in [-0.25, -0.2) is 14.4 Å². The Kier molecular flexibility index (Phi) is 60.2.